The maximum atomic E-state index is 6.01. The van der Waals surface area contributed by atoms with Crippen LogP contribution in [-0.4, -0.2) is 7.11 Å². The quantitative estimate of drug-likeness (QED) is 0.605. The molecule has 0 saturated heterocycles. The van der Waals surface area contributed by atoms with Crippen LogP contribution in [-0.2, 0) is 6.42 Å². The zero-order chi connectivity index (χ0) is 15.2. The maximum Gasteiger partial charge on any atom is 0.130 e. The lowest BCUT2D eigenvalue weighted by molar-refractivity contribution is 0.414. The molecular formula is C20H21O2P. The highest BCUT2D eigenvalue weighted by Crippen LogP contribution is 2.27. The minimum absolute atomic E-state index is 0. The van der Waals surface area contributed by atoms with Gasteiger partial charge in [0, 0.05) is 6.42 Å². The Kier molecular flexibility index (Phi) is 6.19. The molecule has 3 aromatic carbocycles. The number of methoxy groups -OCH3 is 1. The smallest absolute Gasteiger partial charge is 0.130 e. The third kappa shape index (κ3) is 4.58. The van der Waals surface area contributed by atoms with Crippen molar-refractivity contribution in [3.8, 4) is 17.2 Å². The second-order valence-corrected chi connectivity index (χ2v) is 5.05. The molecule has 2 nitrogen and oxygen atoms in total. The topological polar surface area (TPSA) is 18.5 Å². The number of hydrogen-bond donors (Lipinski definition) is 0. The van der Waals surface area contributed by atoms with Gasteiger partial charge < -0.3 is 9.47 Å². The van der Waals surface area contributed by atoms with Gasteiger partial charge >= 0.3 is 0 Å². The number of para-hydroxylation sites is 2. The fourth-order valence-electron chi connectivity index (χ4n) is 2.37. The van der Waals surface area contributed by atoms with Crippen LogP contribution in [0.2, 0.25) is 0 Å². The monoisotopic (exact) mass is 324 g/mol. The highest BCUT2D eigenvalue weighted by molar-refractivity contribution is 6.92. The van der Waals surface area contributed by atoms with Crippen LogP contribution in [0.3, 0.4) is 0 Å². The summed E-state index contributed by atoms with van der Waals surface area (Å²) < 4.78 is 11.3. The van der Waals surface area contributed by atoms with Crippen LogP contribution in [0.25, 0.3) is 0 Å². The molecule has 0 spiro atoms. The molecule has 0 heterocycles. The molecule has 3 heteroatoms. The van der Waals surface area contributed by atoms with Gasteiger partial charge in [-0.3, -0.25) is 0 Å². The Morgan fingerprint density at radius 2 is 1.43 bits per heavy atom. The maximum absolute atomic E-state index is 6.01. The Hall–Kier alpha value is -2.31. The average molecular weight is 324 g/mol. The molecule has 0 saturated carbocycles. The normalized spacial score (nSPS) is 9.78. The summed E-state index contributed by atoms with van der Waals surface area (Å²) in [6.07, 6.45) is 0.806. The summed E-state index contributed by atoms with van der Waals surface area (Å²) >= 11 is 0. The van der Waals surface area contributed by atoms with Gasteiger partial charge in [-0.15, -0.1) is 0 Å². The van der Waals surface area contributed by atoms with Crippen molar-refractivity contribution in [3.63, 3.8) is 0 Å². The number of rotatable bonds is 5. The van der Waals surface area contributed by atoms with Crippen LogP contribution in [0, 0.1) is 0 Å². The molecule has 0 N–H and O–H groups in total. The van der Waals surface area contributed by atoms with Gasteiger partial charge in [-0.1, -0.05) is 48.5 Å². The first kappa shape index (κ1) is 17.1. The summed E-state index contributed by atoms with van der Waals surface area (Å²) in [4.78, 5) is 0. The van der Waals surface area contributed by atoms with Crippen molar-refractivity contribution in [3.05, 3.63) is 90.0 Å². The van der Waals surface area contributed by atoms with Crippen LogP contribution in [0.1, 0.15) is 11.1 Å². The molecule has 0 aliphatic heterocycles. The van der Waals surface area contributed by atoms with Gasteiger partial charge in [-0.05, 0) is 41.5 Å². The summed E-state index contributed by atoms with van der Waals surface area (Å²) in [5, 5.41) is 0. The van der Waals surface area contributed by atoms with Crippen molar-refractivity contribution in [1.82, 2.24) is 0 Å². The molecule has 23 heavy (non-hydrogen) atoms. The van der Waals surface area contributed by atoms with Gasteiger partial charge in [-0.2, -0.15) is 9.90 Å². The molecule has 3 rings (SSSR count). The van der Waals surface area contributed by atoms with Crippen molar-refractivity contribution >= 4 is 9.90 Å². The first-order chi connectivity index (χ1) is 10.8. The van der Waals surface area contributed by atoms with Gasteiger partial charge in [0.2, 0.25) is 0 Å². The second-order valence-electron chi connectivity index (χ2n) is 5.05. The second kappa shape index (κ2) is 8.36. The molecule has 118 valence electrons. The highest BCUT2D eigenvalue weighted by Gasteiger charge is 2.06. The minimum atomic E-state index is 0. The van der Waals surface area contributed by atoms with E-state index in [9.17, 15) is 0 Å². The summed E-state index contributed by atoms with van der Waals surface area (Å²) in [6, 6.07) is 26.1. The molecule has 0 aliphatic rings. The predicted octanol–water partition coefficient (Wildman–Crippen LogP) is 5.14. The van der Waals surface area contributed by atoms with Gasteiger partial charge in [0.05, 0.1) is 7.11 Å². The average Bonchev–Trinajstić information content (AvgIpc) is 2.58. The lowest BCUT2D eigenvalue weighted by Gasteiger charge is -2.11. The standard InChI is InChI=1S/C20H18O2.H3P/c1-21-19-12-7-8-16(15-19)14-17-9-5-6-13-20(17)22-18-10-3-2-4-11-18;/h2-13,15H,14H2,1H3;1H3. The summed E-state index contributed by atoms with van der Waals surface area (Å²) in [7, 11) is 1.69. The van der Waals surface area contributed by atoms with E-state index in [1.165, 1.54) is 5.56 Å². The lowest BCUT2D eigenvalue weighted by atomic mass is 10.0. The molecule has 1 unspecified atom stereocenters. The molecular weight excluding hydrogens is 303 g/mol. The summed E-state index contributed by atoms with van der Waals surface area (Å²) in [5.41, 5.74) is 2.35. The van der Waals surface area contributed by atoms with Crippen molar-refractivity contribution in [2.24, 2.45) is 0 Å². The SMILES string of the molecule is COc1cccc(Cc2ccccc2Oc2ccccc2)c1.P. The van der Waals surface area contributed by atoms with Crippen molar-refractivity contribution in [1.29, 1.82) is 0 Å². The molecule has 0 aliphatic carbocycles. The highest BCUT2D eigenvalue weighted by atomic mass is 31.0. The Balaban J connectivity index is 0.00000192. The molecule has 0 fully saturated rings. The first-order valence-electron chi connectivity index (χ1n) is 7.29. The Morgan fingerprint density at radius 3 is 2.22 bits per heavy atom. The Bertz CT molecular complexity index is 741. The van der Waals surface area contributed by atoms with E-state index in [4.69, 9.17) is 9.47 Å². The van der Waals surface area contributed by atoms with Crippen LogP contribution < -0.4 is 9.47 Å². The van der Waals surface area contributed by atoms with Crippen LogP contribution in [0.5, 0.6) is 17.2 Å². The molecule has 3 aromatic rings. The largest absolute Gasteiger partial charge is 0.497 e. The summed E-state index contributed by atoms with van der Waals surface area (Å²) in [5.74, 6) is 2.61. The molecule has 0 bridgehead atoms. The first-order valence-corrected chi connectivity index (χ1v) is 7.29. The minimum Gasteiger partial charge on any atom is -0.497 e. The van der Waals surface area contributed by atoms with E-state index in [1.54, 1.807) is 7.11 Å². The van der Waals surface area contributed by atoms with Crippen molar-refractivity contribution in [2.45, 2.75) is 6.42 Å². The van der Waals surface area contributed by atoms with Crippen molar-refractivity contribution in [2.75, 3.05) is 7.11 Å². The predicted molar refractivity (Wildman–Crippen MR) is 99.9 cm³/mol. The van der Waals surface area contributed by atoms with Gasteiger partial charge in [0.25, 0.3) is 0 Å². The lowest BCUT2D eigenvalue weighted by Crippen LogP contribution is -1.94. The number of hydrogen-bond acceptors (Lipinski definition) is 2. The molecule has 0 radical (unpaired) electrons. The van der Waals surface area contributed by atoms with E-state index in [2.05, 4.69) is 18.2 Å². The summed E-state index contributed by atoms with van der Waals surface area (Å²) in [6.45, 7) is 0. The molecule has 0 aromatic heterocycles. The van der Waals surface area contributed by atoms with Gasteiger partial charge in [-0.25, -0.2) is 0 Å². The zero-order valence-corrected chi connectivity index (χ0v) is 14.7. The van der Waals surface area contributed by atoms with Crippen LogP contribution in [0.15, 0.2) is 78.9 Å². The van der Waals surface area contributed by atoms with E-state index in [0.717, 1.165) is 29.2 Å². The number of benzene rings is 3. The van der Waals surface area contributed by atoms with Gasteiger partial charge in [0.15, 0.2) is 0 Å². The third-order valence-electron chi connectivity index (χ3n) is 3.47. The fraction of sp³-hybridized carbons (Fsp3) is 0.100. The van der Waals surface area contributed by atoms with E-state index < -0.39 is 0 Å². The number of ether oxygens (including phenoxy) is 2. The Morgan fingerprint density at radius 1 is 0.739 bits per heavy atom. The van der Waals surface area contributed by atoms with Crippen LogP contribution in [0.4, 0.5) is 0 Å². The molecule has 1 atom stereocenters. The van der Waals surface area contributed by atoms with E-state index in [1.807, 2.05) is 60.7 Å². The Labute approximate surface area is 140 Å². The van der Waals surface area contributed by atoms with E-state index in [-0.39, 0.29) is 9.90 Å². The zero-order valence-electron chi connectivity index (χ0n) is 13.2. The third-order valence-corrected chi connectivity index (χ3v) is 3.47. The van der Waals surface area contributed by atoms with Gasteiger partial charge in [0.1, 0.15) is 17.2 Å². The fourth-order valence-corrected chi connectivity index (χ4v) is 2.37. The van der Waals surface area contributed by atoms with Crippen molar-refractivity contribution < 1.29 is 9.47 Å². The van der Waals surface area contributed by atoms with E-state index >= 15 is 0 Å². The van der Waals surface area contributed by atoms with Crippen LogP contribution >= 0.6 is 9.90 Å². The molecule has 0 amide bonds. The van der Waals surface area contributed by atoms with E-state index in [0.29, 0.717) is 0 Å².